The molecule has 0 aliphatic heterocycles. The first-order chi connectivity index (χ1) is 8.52. The van der Waals surface area contributed by atoms with Crippen molar-refractivity contribution in [2.75, 3.05) is 0 Å². The Morgan fingerprint density at radius 2 is 1.83 bits per heavy atom. The van der Waals surface area contributed by atoms with E-state index in [1.54, 1.807) is 12.1 Å². The summed E-state index contributed by atoms with van der Waals surface area (Å²) < 4.78 is 0. The van der Waals surface area contributed by atoms with Gasteiger partial charge in [0.05, 0.1) is 21.7 Å². The average molecular weight is 278 g/mol. The van der Waals surface area contributed by atoms with Gasteiger partial charge in [-0.2, -0.15) is 5.26 Å². The third-order valence-electron chi connectivity index (χ3n) is 2.71. The van der Waals surface area contributed by atoms with Crippen LogP contribution in [0.4, 0.5) is 0 Å². The molecular formula is C14H9Cl2NO. The van der Waals surface area contributed by atoms with E-state index in [0.717, 1.165) is 11.1 Å². The maximum Gasteiger partial charge on any atom is 0.135 e. The Bertz CT molecular complexity index is 660. The zero-order chi connectivity index (χ0) is 13.3. The predicted octanol–water partition coefficient (Wildman–Crippen LogP) is 4.55. The third-order valence-corrected chi connectivity index (χ3v) is 3.32. The van der Waals surface area contributed by atoms with E-state index >= 15 is 0 Å². The summed E-state index contributed by atoms with van der Waals surface area (Å²) >= 11 is 11.9. The summed E-state index contributed by atoms with van der Waals surface area (Å²) in [5, 5.41) is 19.1. The number of aromatic hydroxyl groups is 1. The maximum atomic E-state index is 9.45. The quantitative estimate of drug-likeness (QED) is 0.831. The van der Waals surface area contributed by atoms with Gasteiger partial charge in [-0.15, -0.1) is 0 Å². The van der Waals surface area contributed by atoms with Crippen molar-refractivity contribution in [3.63, 3.8) is 0 Å². The van der Waals surface area contributed by atoms with E-state index in [4.69, 9.17) is 28.5 Å². The van der Waals surface area contributed by atoms with Crippen molar-refractivity contribution in [2.24, 2.45) is 0 Å². The molecule has 0 fully saturated rings. The summed E-state index contributed by atoms with van der Waals surface area (Å²) in [5.74, 6) is -0.0574. The molecule has 1 N–H and O–H groups in total. The van der Waals surface area contributed by atoms with Crippen LogP contribution in [0, 0.1) is 18.3 Å². The molecule has 2 nitrogen and oxygen atoms in total. The fourth-order valence-corrected chi connectivity index (χ4v) is 2.10. The fourth-order valence-electron chi connectivity index (χ4n) is 1.67. The number of nitriles is 1. The largest absolute Gasteiger partial charge is 0.506 e. The molecule has 0 amide bonds. The summed E-state index contributed by atoms with van der Waals surface area (Å²) in [6.07, 6.45) is 0. The normalized spacial score (nSPS) is 10.1. The molecule has 0 bridgehead atoms. The first-order valence-electron chi connectivity index (χ1n) is 5.22. The van der Waals surface area contributed by atoms with Crippen molar-refractivity contribution < 1.29 is 5.11 Å². The van der Waals surface area contributed by atoms with Crippen LogP contribution in [0.3, 0.4) is 0 Å². The SMILES string of the molecule is Cc1ccc(-c2cc(Cl)c(O)cc2Cl)cc1C#N. The van der Waals surface area contributed by atoms with Crippen molar-refractivity contribution in [1.29, 1.82) is 5.26 Å². The highest BCUT2D eigenvalue weighted by atomic mass is 35.5. The topological polar surface area (TPSA) is 44.0 Å². The van der Waals surface area contributed by atoms with Crippen LogP contribution in [0.2, 0.25) is 10.0 Å². The van der Waals surface area contributed by atoms with Gasteiger partial charge in [-0.1, -0.05) is 35.3 Å². The number of phenols is 1. The number of rotatable bonds is 1. The predicted molar refractivity (Wildman–Crippen MR) is 73.0 cm³/mol. The molecule has 0 radical (unpaired) electrons. The molecule has 0 unspecified atom stereocenters. The standard InChI is InChI=1S/C14H9Cl2NO/c1-8-2-3-9(4-10(8)7-17)11-5-13(16)14(18)6-12(11)15/h2-6,18H,1H3. The lowest BCUT2D eigenvalue weighted by Gasteiger charge is -2.08. The second kappa shape index (κ2) is 4.89. The van der Waals surface area contributed by atoms with Crippen molar-refractivity contribution >= 4 is 23.2 Å². The molecule has 0 atom stereocenters. The van der Waals surface area contributed by atoms with Crippen molar-refractivity contribution in [2.45, 2.75) is 6.92 Å². The lowest BCUT2D eigenvalue weighted by atomic mass is 10.0. The maximum absolute atomic E-state index is 9.45. The molecule has 0 aliphatic carbocycles. The summed E-state index contributed by atoms with van der Waals surface area (Å²) in [6, 6.07) is 10.6. The summed E-state index contributed by atoms with van der Waals surface area (Å²) in [5.41, 5.74) is 2.98. The molecule has 18 heavy (non-hydrogen) atoms. The van der Waals surface area contributed by atoms with Gasteiger partial charge in [0.1, 0.15) is 5.75 Å². The van der Waals surface area contributed by atoms with Crippen molar-refractivity contribution in [3.05, 3.63) is 51.5 Å². The Kier molecular flexibility index (Phi) is 3.47. The van der Waals surface area contributed by atoms with Crippen LogP contribution < -0.4 is 0 Å². The first-order valence-corrected chi connectivity index (χ1v) is 5.97. The molecular weight excluding hydrogens is 269 g/mol. The van der Waals surface area contributed by atoms with E-state index in [0.29, 0.717) is 16.1 Å². The number of aryl methyl sites for hydroxylation is 1. The Morgan fingerprint density at radius 3 is 2.50 bits per heavy atom. The van der Waals surface area contributed by atoms with E-state index in [1.165, 1.54) is 6.07 Å². The first kappa shape index (κ1) is 12.8. The lowest BCUT2D eigenvalue weighted by Crippen LogP contribution is -1.86. The van der Waals surface area contributed by atoms with Gasteiger partial charge in [0.2, 0.25) is 0 Å². The van der Waals surface area contributed by atoms with Crippen LogP contribution >= 0.6 is 23.2 Å². The molecule has 0 aliphatic rings. The minimum absolute atomic E-state index is 0.0574. The van der Waals surface area contributed by atoms with Crippen LogP contribution in [-0.2, 0) is 0 Å². The van der Waals surface area contributed by atoms with E-state index in [2.05, 4.69) is 6.07 Å². The molecule has 4 heteroatoms. The number of hydrogen-bond acceptors (Lipinski definition) is 2. The Morgan fingerprint density at radius 1 is 1.11 bits per heavy atom. The minimum atomic E-state index is -0.0574. The Hall–Kier alpha value is -1.69. The van der Waals surface area contributed by atoms with E-state index in [-0.39, 0.29) is 10.8 Å². The van der Waals surface area contributed by atoms with Crippen LogP contribution in [0.5, 0.6) is 5.75 Å². The number of hydrogen-bond donors (Lipinski definition) is 1. The number of benzene rings is 2. The number of halogens is 2. The van der Waals surface area contributed by atoms with Crippen LogP contribution in [0.15, 0.2) is 30.3 Å². The van der Waals surface area contributed by atoms with Gasteiger partial charge in [0.25, 0.3) is 0 Å². The van der Waals surface area contributed by atoms with E-state index in [9.17, 15) is 5.11 Å². The lowest BCUT2D eigenvalue weighted by molar-refractivity contribution is 0.475. The molecule has 90 valence electrons. The van der Waals surface area contributed by atoms with Gasteiger partial charge >= 0.3 is 0 Å². The molecule has 0 saturated heterocycles. The van der Waals surface area contributed by atoms with Gasteiger partial charge in [0, 0.05) is 11.6 Å². The number of phenolic OH excluding ortho intramolecular Hbond substituents is 1. The molecule has 0 spiro atoms. The van der Waals surface area contributed by atoms with Gasteiger partial charge in [0.15, 0.2) is 0 Å². The molecule has 0 heterocycles. The third kappa shape index (κ3) is 2.28. The number of nitrogens with zero attached hydrogens (tertiary/aromatic N) is 1. The van der Waals surface area contributed by atoms with Crippen molar-refractivity contribution in [3.8, 4) is 22.9 Å². The van der Waals surface area contributed by atoms with Crippen LogP contribution in [0.25, 0.3) is 11.1 Å². The second-order valence-electron chi connectivity index (χ2n) is 3.92. The van der Waals surface area contributed by atoms with Crippen LogP contribution in [0.1, 0.15) is 11.1 Å². The Labute approximate surface area is 115 Å². The molecule has 0 saturated carbocycles. The van der Waals surface area contributed by atoms with Gasteiger partial charge < -0.3 is 5.11 Å². The molecule has 2 aromatic rings. The van der Waals surface area contributed by atoms with E-state index in [1.807, 2.05) is 19.1 Å². The highest BCUT2D eigenvalue weighted by Gasteiger charge is 2.10. The minimum Gasteiger partial charge on any atom is -0.506 e. The van der Waals surface area contributed by atoms with Gasteiger partial charge in [-0.3, -0.25) is 0 Å². The van der Waals surface area contributed by atoms with Gasteiger partial charge in [-0.25, -0.2) is 0 Å². The highest BCUT2D eigenvalue weighted by Crippen LogP contribution is 2.36. The molecule has 2 aromatic carbocycles. The Balaban J connectivity index is 2.63. The van der Waals surface area contributed by atoms with E-state index < -0.39 is 0 Å². The zero-order valence-corrected chi connectivity index (χ0v) is 11.0. The summed E-state index contributed by atoms with van der Waals surface area (Å²) in [6.45, 7) is 1.87. The van der Waals surface area contributed by atoms with Crippen LogP contribution in [-0.4, -0.2) is 5.11 Å². The second-order valence-corrected chi connectivity index (χ2v) is 4.74. The highest BCUT2D eigenvalue weighted by molar-refractivity contribution is 6.36. The van der Waals surface area contributed by atoms with Gasteiger partial charge in [-0.05, 0) is 30.2 Å². The van der Waals surface area contributed by atoms with Crippen molar-refractivity contribution in [1.82, 2.24) is 0 Å². The average Bonchev–Trinajstić information content (AvgIpc) is 2.35. The summed E-state index contributed by atoms with van der Waals surface area (Å²) in [7, 11) is 0. The fraction of sp³-hybridized carbons (Fsp3) is 0.0714. The molecule has 0 aromatic heterocycles. The zero-order valence-electron chi connectivity index (χ0n) is 9.54. The smallest absolute Gasteiger partial charge is 0.135 e. The summed E-state index contributed by atoms with van der Waals surface area (Å²) in [4.78, 5) is 0. The monoisotopic (exact) mass is 277 g/mol. The molecule has 2 rings (SSSR count).